The molecule has 0 unspecified atom stereocenters. The van der Waals surface area contributed by atoms with Gasteiger partial charge in [-0.2, -0.15) is 10.2 Å². The summed E-state index contributed by atoms with van der Waals surface area (Å²) in [6.45, 7) is 1.92. The second kappa shape index (κ2) is 8.62. The summed E-state index contributed by atoms with van der Waals surface area (Å²) < 4.78 is 3.03. The Labute approximate surface area is 184 Å². The smallest absolute Gasteiger partial charge is 0.290 e. The number of H-pyrrole nitrogens is 1. The molecule has 0 aliphatic carbocycles. The third kappa shape index (κ3) is 4.02. The molecular formula is C19H17N7O3S2. The molecule has 2 amide bonds. The maximum atomic E-state index is 12.7. The van der Waals surface area contributed by atoms with Gasteiger partial charge in [0.2, 0.25) is 0 Å². The predicted molar refractivity (Wildman–Crippen MR) is 118 cm³/mol. The zero-order valence-corrected chi connectivity index (χ0v) is 17.9. The number of hydrogen-bond donors (Lipinski definition) is 3. The van der Waals surface area contributed by atoms with Crippen molar-refractivity contribution in [2.45, 2.75) is 20.0 Å². The van der Waals surface area contributed by atoms with Gasteiger partial charge in [-0.05, 0) is 36.7 Å². The Morgan fingerprint density at radius 2 is 1.94 bits per heavy atom. The number of aromatic amines is 1. The summed E-state index contributed by atoms with van der Waals surface area (Å²) in [6.07, 6.45) is 0. The van der Waals surface area contributed by atoms with Crippen molar-refractivity contribution in [3.63, 3.8) is 0 Å². The van der Waals surface area contributed by atoms with Crippen molar-refractivity contribution in [3.05, 3.63) is 62.6 Å². The molecule has 0 aliphatic heterocycles. The van der Waals surface area contributed by atoms with E-state index in [0.717, 1.165) is 4.88 Å². The van der Waals surface area contributed by atoms with E-state index in [0.29, 0.717) is 23.1 Å². The van der Waals surface area contributed by atoms with Gasteiger partial charge in [0, 0.05) is 11.9 Å². The molecule has 0 bridgehead atoms. The van der Waals surface area contributed by atoms with Crippen LogP contribution >= 0.6 is 23.6 Å². The average Bonchev–Trinajstić information content (AvgIpc) is 3.43. The molecular weight excluding hydrogens is 438 g/mol. The molecule has 3 heterocycles. The first-order chi connectivity index (χ1) is 15.0. The van der Waals surface area contributed by atoms with Gasteiger partial charge in [-0.1, -0.05) is 24.3 Å². The topological polar surface area (TPSA) is 127 Å². The molecule has 1 aromatic carbocycles. The summed E-state index contributed by atoms with van der Waals surface area (Å²) >= 11 is 6.67. The Hall–Kier alpha value is -3.64. The lowest BCUT2D eigenvalue weighted by Gasteiger charge is -2.11. The molecule has 158 valence electrons. The van der Waals surface area contributed by atoms with Crippen LogP contribution in [0, 0.1) is 4.77 Å². The van der Waals surface area contributed by atoms with Crippen LogP contribution in [0.25, 0.3) is 21.5 Å². The third-order valence-corrected chi connectivity index (χ3v) is 5.68. The largest absolute Gasteiger partial charge is 0.290 e. The number of carbonyl (C=O) groups is 2. The maximum absolute atomic E-state index is 12.7. The van der Waals surface area contributed by atoms with Crippen LogP contribution in [0.4, 0.5) is 0 Å². The minimum Gasteiger partial charge on any atom is -0.290 e. The van der Waals surface area contributed by atoms with E-state index < -0.39 is 11.8 Å². The summed E-state index contributed by atoms with van der Waals surface area (Å²) in [7, 11) is 0. The van der Waals surface area contributed by atoms with Gasteiger partial charge in [-0.25, -0.2) is 4.68 Å². The van der Waals surface area contributed by atoms with Crippen molar-refractivity contribution in [1.82, 2.24) is 35.4 Å². The lowest BCUT2D eigenvalue weighted by atomic mass is 10.1. The van der Waals surface area contributed by atoms with Crippen molar-refractivity contribution in [2.24, 2.45) is 0 Å². The molecule has 0 spiro atoms. The SMILES string of the molecule is CCn1nc(C(=O)NNC(=O)Cn2c(-c3cccs3)n[nH]c2=S)c2ccccc2c1=O. The number of rotatable bonds is 5. The van der Waals surface area contributed by atoms with Gasteiger partial charge < -0.3 is 0 Å². The maximum Gasteiger partial charge on any atom is 0.290 e. The first kappa shape index (κ1) is 20.6. The van der Waals surface area contributed by atoms with Crippen LogP contribution in [-0.4, -0.2) is 36.4 Å². The lowest BCUT2D eigenvalue weighted by Crippen LogP contribution is -2.44. The Bertz CT molecular complexity index is 1390. The molecule has 4 rings (SSSR count). The fourth-order valence-electron chi connectivity index (χ4n) is 3.04. The molecule has 0 saturated carbocycles. The van der Waals surface area contributed by atoms with Crippen LogP contribution in [0.5, 0.6) is 0 Å². The van der Waals surface area contributed by atoms with Gasteiger partial charge in [-0.15, -0.1) is 11.3 Å². The van der Waals surface area contributed by atoms with Crippen LogP contribution in [0.15, 0.2) is 46.6 Å². The number of hydrazine groups is 1. The van der Waals surface area contributed by atoms with Gasteiger partial charge in [0.1, 0.15) is 6.54 Å². The Balaban J connectivity index is 1.52. The van der Waals surface area contributed by atoms with Gasteiger partial charge >= 0.3 is 0 Å². The summed E-state index contributed by atoms with van der Waals surface area (Å²) in [6, 6.07) is 10.4. The van der Waals surface area contributed by atoms with Crippen LogP contribution < -0.4 is 16.4 Å². The van der Waals surface area contributed by atoms with Crippen molar-refractivity contribution in [2.75, 3.05) is 0 Å². The van der Waals surface area contributed by atoms with E-state index in [4.69, 9.17) is 12.2 Å². The van der Waals surface area contributed by atoms with E-state index in [-0.39, 0.29) is 22.6 Å². The summed E-state index contributed by atoms with van der Waals surface area (Å²) in [5.74, 6) is -0.609. The summed E-state index contributed by atoms with van der Waals surface area (Å²) in [4.78, 5) is 38.4. The lowest BCUT2D eigenvalue weighted by molar-refractivity contribution is -0.122. The number of hydrogen-bond acceptors (Lipinski definition) is 7. The number of nitrogens with zero attached hydrogens (tertiary/aromatic N) is 4. The van der Waals surface area contributed by atoms with Gasteiger partial charge in [0.05, 0.1) is 10.3 Å². The van der Waals surface area contributed by atoms with E-state index >= 15 is 0 Å². The summed E-state index contributed by atoms with van der Waals surface area (Å²) in [5.41, 5.74) is 4.48. The highest BCUT2D eigenvalue weighted by molar-refractivity contribution is 7.71. The minimum absolute atomic E-state index is 0.0385. The number of fused-ring (bicyclic) bond motifs is 1. The van der Waals surface area contributed by atoms with Crippen LogP contribution in [0.1, 0.15) is 17.4 Å². The first-order valence-corrected chi connectivity index (χ1v) is 10.6. The second-order valence-corrected chi connectivity index (χ2v) is 7.77. The van der Waals surface area contributed by atoms with Crippen molar-refractivity contribution in [3.8, 4) is 10.7 Å². The van der Waals surface area contributed by atoms with Gasteiger partial charge in [0.15, 0.2) is 16.3 Å². The Morgan fingerprint density at radius 3 is 2.65 bits per heavy atom. The average molecular weight is 456 g/mol. The molecule has 3 aromatic heterocycles. The molecule has 0 fully saturated rings. The zero-order valence-electron chi connectivity index (χ0n) is 16.3. The standard InChI is InChI=1S/C19H17N7O3S2/c1-2-26-18(29)12-7-4-3-6-11(12)15(24-26)17(28)22-20-14(27)10-25-16(21-23-19(25)30)13-8-5-9-31-13/h3-9H,2,10H2,1H3,(H,20,27)(H,22,28)(H,23,30). The molecule has 31 heavy (non-hydrogen) atoms. The Morgan fingerprint density at radius 1 is 1.16 bits per heavy atom. The number of aryl methyl sites for hydroxylation is 1. The number of thiophene rings is 1. The molecule has 0 atom stereocenters. The molecule has 10 nitrogen and oxygen atoms in total. The molecule has 0 radical (unpaired) electrons. The molecule has 0 saturated heterocycles. The van der Waals surface area contributed by atoms with Gasteiger partial charge in [0.25, 0.3) is 17.4 Å². The summed E-state index contributed by atoms with van der Waals surface area (Å²) in [5, 5.41) is 13.6. The number of benzene rings is 1. The number of carbonyl (C=O) groups excluding carboxylic acids is 2. The highest BCUT2D eigenvalue weighted by Crippen LogP contribution is 2.22. The van der Waals surface area contributed by atoms with E-state index in [1.807, 2.05) is 17.5 Å². The zero-order chi connectivity index (χ0) is 22.0. The molecule has 4 aromatic rings. The number of amides is 2. The highest BCUT2D eigenvalue weighted by atomic mass is 32.1. The normalized spacial score (nSPS) is 10.9. The molecule has 0 aliphatic rings. The van der Waals surface area contributed by atoms with E-state index in [1.165, 1.54) is 20.6 Å². The monoisotopic (exact) mass is 455 g/mol. The molecule has 3 N–H and O–H groups in total. The number of aromatic nitrogens is 5. The number of nitrogens with one attached hydrogen (secondary N) is 3. The third-order valence-electron chi connectivity index (χ3n) is 4.50. The van der Waals surface area contributed by atoms with E-state index in [9.17, 15) is 14.4 Å². The fourth-order valence-corrected chi connectivity index (χ4v) is 3.96. The van der Waals surface area contributed by atoms with Gasteiger partial charge in [-0.3, -0.25) is 34.9 Å². The fraction of sp³-hybridized carbons (Fsp3) is 0.158. The van der Waals surface area contributed by atoms with Crippen molar-refractivity contribution >= 4 is 46.1 Å². The van der Waals surface area contributed by atoms with Crippen LogP contribution in [-0.2, 0) is 17.9 Å². The van der Waals surface area contributed by atoms with Crippen molar-refractivity contribution in [1.29, 1.82) is 0 Å². The predicted octanol–water partition coefficient (Wildman–Crippen LogP) is 1.86. The van der Waals surface area contributed by atoms with Crippen LogP contribution in [0.2, 0.25) is 0 Å². The molecule has 12 heteroatoms. The second-order valence-electron chi connectivity index (χ2n) is 6.43. The van der Waals surface area contributed by atoms with Crippen molar-refractivity contribution < 1.29 is 9.59 Å². The Kier molecular flexibility index (Phi) is 5.73. The van der Waals surface area contributed by atoms with E-state index in [1.54, 1.807) is 31.2 Å². The first-order valence-electron chi connectivity index (χ1n) is 9.27. The highest BCUT2D eigenvalue weighted by Gasteiger charge is 2.18. The quantitative estimate of drug-likeness (QED) is 0.311. The minimum atomic E-state index is -0.638. The van der Waals surface area contributed by atoms with E-state index in [2.05, 4.69) is 26.1 Å². The van der Waals surface area contributed by atoms with Crippen LogP contribution in [0.3, 0.4) is 0 Å².